The number of aromatic amines is 1. The number of hydrogen-bond acceptors (Lipinski definition) is 3. The molecule has 5 nitrogen and oxygen atoms in total. The van der Waals surface area contributed by atoms with E-state index in [0.717, 1.165) is 25.3 Å². The zero-order valence-corrected chi connectivity index (χ0v) is 8.58. The van der Waals surface area contributed by atoms with Crippen molar-refractivity contribution in [2.24, 2.45) is 13.0 Å². The van der Waals surface area contributed by atoms with Gasteiger partial charge in [0.1, 0.15) is 5.82 Å². The van der Waals surface area contributed by atoms with Gasteiger partial charge in [-0.15, -0.1) is 0 Å². The highest BCUT2D eigenvalue weighted by Gasteiger charge is 2.23. The average Bonchev–Trinajstić information content (AvgIpc) is 2.48. The second-order valence-corrected chi connectivity index (χ2v) is 4.14. The smallest absolute Gasteiger partial charge is 0.316 e. The van der Waals surface area contributed by atoms with Crippen LogP contribution in [0.15, 0.2) is 4.79 Å². The Labute approximate surface area is 82.5 Å². The van der Waals surface area contributed by atoms with E-state index in [1.165, 1.54) is 0 Å². The Hall–Kier alpha value is -1.10. The molecular formula is C9H16N4O. The highest BCUT2D eigenvalue weighted by molar-refractivity contribution is 4.99. The van der Waals surface area contributed by atoms with Crippen molar-refractivity contribution in [1.29, 1.82) is 0 Å². The Bertz CT molecular complexity index is 367. The predicted molar refractivity (Wildman–Crippen MR) is 53.2 cm³/mol. The first-order valence-corrected chi connectivity index (χ1v) is 5.00. The van der Waals surface area contributed by atoms with Gasteiger partial charge in [0.2, 0.25) is 0 Å². The lowest BCUT2D eigenvalue weighted by Crippen LogP contribution is -2.35. The SMILES string of the molecule is CC1CNCC(c2n[nH]c(=O)n2C)C1. The van der Waals surface area contributed by atoms with Crippen LogP contribution in [0.4, 0.5) is 0 Å². The molecule has 5 heteroatoms. The summed E-state index contributed by atoms with van der Waals surface area (Å²) in [4.78, 5) is 11.2. The summed E-state index contributed by atoms with van der Waals surface area (Å²) in [6.45, 7) is 4.20. The number of aromatic nitrogens is 3. The molecule has 2 heterocycles. The Kier molecular flexibility index (Phi) is 2.41. The molecule has 0 saturated carbocycles. The molecule has 2 atom stereocenters. The van der Waals surface area contributed by atoms with Gasteiger partial charge in [-0.05, 0) is 18.9 Å². The highest BCUT2D eigenvalue weighted by atomic mass is 16.1. The van der Waals surface area contributed by atoms with Crippen LogP contribution in [-0.2, 0) is 7.05 Å². The third kappa shape index (κ3) is 1.59. The lowest BCUT2D eigenvalue weighted by Gasteiger charge is -2.26. The third-order valence-electron chi connectivity index (χ3n) is 2.85. The summed E-state index contributed by atoms with van der Waals surface area (Å²) >= 11 is 0. The van der Waals surface area contributed by atoms with Gasteiger partial charge in [-0.2, -0.15) is 5.10 Å². The quantitative estimate of drug-likeness (QED) is 0.655. The molecule has 2 rings (SSSR count). The molecule has 0 bridgehead atoms. The van der Waals surface area contributed by atoms with Crippen LogP contribution in [0, 0.1) is 5.92 Å². The van der Waals surface area contributed by atoms with Gasteiger partial charge in [-0.25, -0.2) is 9.89 Å². The first-order chi connectivity index (χ1) is 6.68. The minimum absolute atomic E-state index is 0.127. The average molecular weight is 196 g/mol. The number of nitrogens with zero attached hydrogens (tertiary/aromatic N) is 2. The molecular weight excluding hydrogens is 180 g/mol. The van der Waals surface area contributed by atoms with Gasteiger partial charge >= 0.3 is 5.69 Å². The molecule has 0 radical (unpaired) electrons. The van der Waals surface area contributed by atoms with Crippen LogP contribution in [0.5, 0.6) is 0 Å². The first-order valence-electron chi connectivity index (χ1n) is 5.00. The Balaban J connectivity index is 2.22. The van der Waals surface area contributed by atoms with E-state index in [9.17, 15) is 4.79 Å². The van der Waals surface area contributed by atoms with Crippen LogP contribution in [-0.4, -0.2) is 27.9 Å². The van der Waals surface area contributed by atoms with Crippen molar-refractivity contribution in [3.8, 4) is 0 Å². The van der Waals surface area contributed by atoms with Crippen molar-refractivity contribution in [2.75, 3.05) is 13.1 Å². The van der Waals surface area contributed by atoms with E-state index in [1.54, 1.807) is 11.6 Å². The predicted octanol–water partition coefficient (Wildman–Crippen LogP) is -0.179. The second-order valence-electron chi connectivity index (χ2n) is 4.14. The van der Waals surface area contributed by atoms with Crippen molar-refractivity contribution < 1.29 is 0 Å². The molecule has 1 saturated heterocycles. The summed E-state index contributed by atoms with van der Waals surface area (Å²) in [6, 6.07) is 0. The van der Waals surface area contributed by atoms with E-state index >= 15 is 0 Å². The standard InChI is InChI=1S/C9H16N4O/c1-6-3-7(5-10-4-6)8-11-12-9(14)13(8)2/h6-7,10H,3-5H2,1-2H3,(H,12,14). The van der Waals surface area contributed by atoms with Crippen LogP contribution >= 0.6 is 0 Å². The normalized spacial score (nSPS) is 27.9. The molecule has 1 fully saturated rings. The lowest BCUT2D eigenvalue weighted by atomic mass is 9.91. The monoisotopic (exact) mass is 196 g/mol. The van der Waals surface area contributed by atoms with Crippen LogP contribution in [0.25, 0.3) is 0 Å². The summed E-state index contributed by atoms with van der Waals surface area (Å²) < 4.78 is 1.60. The summed E-state index contributed by atoms with van der Waals surface area (Å²) in [7, 11) is 1.76. The zero-order valence-electron chi connectivity index (χ0n) is 8.58. The molecule has 14 heavy (non-hydrogen) atoms. The number of nitrogens with one attached hydrogen (secondary N) is 2. The van der Waals surface area contributed by atoms with E-state index in [-0.39, 0.29) is 5.69 Å². The number of rotatable bonds is 1. The number of piperidine rings is 1. The van der Waals surface area contributed by atoms with Gasteiger partial charge in [0.25, 0.3) is 0 Å². The van der Waals surface area contributed by atoms with E-state index in [0.29, 0.717) is 11.8 Å². The first kappa shape index (κ1) is 9.45. The van der Waals surface area contributed by atoms with E-state index in [2.05, 4.69) is 22.4 Å². The number of H-pyrrole nitrogens is 1. The van der Waals surface area contributed by atoms with Crippen LogP contribution in [0.2, 0.25) is 0 Å². The van der Waals surface area contributed by atoms with Crippen molar-refractivity contribution in [3.05, 3.63) is 16.3 Å². The molecule has 2 unspecified atom stereocenters. The molecule has 1 aromatic rings. The van der Waals surface area contributed by atoms with Crippen LogP contribution in [0.1, 0.15) is 25.1 Å². The fraction of sp³-hybridized carbons (Fsp3) is 0.778. The molecule has 0 aromatic carbocycles. The Morgan fingerprint density at radius 2 is 2.29 bits per heavy atom. The lowest BCUT2D eigenvalue weighted by molar-refractivity contribution is 0.350. The van der Waals surface area contributed by atoms with Gasteiger partial charge in [-0.1, -0.05) is 6.92 Å². The topological polar surface area (TPSA) is 62.7 Å². The van der Waals surface area contributed by atoms with Gasteiger partial charge in [-0.3, -0.25) is 4.57 Å². The van der Waals surface area contributed by atoms with Gasteiger partial charge in [0.15, 0.2) is 0 Å². The van der Waals surface area contributed by atoms with E-state index < -0.39 is 0 Å². The van der Waals surface area contributed by atoms with Crippen LogP contribution < -0.4 is 11.0 Å². The van der Waals surface area contributed by atoms with E-state index in [4.69, 9.17) is 0 Å². The summed E-state index contributed by atoms with van der Waals surface area (Å²) in [5.41, 5.74) is -0.127. The van der Waals surface area contributed by atoms with Crippen molar-refractivity contribution in [2.45, 2.75) is 19.3 Å². The fourth-order valence-electron chi connectivity index (χ4n) is 2.08. The highest BCUT2D eigenvalue weighted by Crippen LogP contribution is 2.23. The molecule has 1 aliphatic rings. The maximum atomic E-state index is 11.2. The van der Waals surface area contributed by atoms with Crippen LogP contribution in [0.3, 0.4) is 0 Å². The minimum atomic E-state index is -0.127. The zero-order chi connectivity index (χ0) is 10.1. The molecule has 0 spiro atoms. The van der Waals surface area contributed by atoms with Crippen molar-refractivity contribution in [3.63, 3.8) is 0 Å². The van der Waals surface area contributed by atoms with E-state index in [1.807, 2.05) is 0 Å². The van der Waals surface area contributed by atoms with Gasteiger partial charge in [0.05, 0.1) is 0 Å². The third-order valence-corrected chi connectivity index (χ3v) is 2.85. The molecule has 78 valence electrons. The fourth-order valence-corrected chi connectivity index (χ4v) is 2.08. The van der Waals surface area contributed by atoms with Crippen molar-refractivity contribution in [1.82, 2.24) is 20.1 Å². The van der Waals surface area contributed by atoms with Gasteiger partial charge < -0.3 is 5.32 Å². The van der Waals surface area contributed by atoms with Gasteiger partial charge in [0, 0.05) is 19.5 Å². The minimum Gasteiger partial charge on any atom is -0.316 e. The molecule has 1 aromatic heterocycles. The largest absolute Gasteiger partial charge is 0.343 e. The molecule has 0 aliphatic carbocycles. The summed E-state index contributed by atoms with van der Waals surface area (Å²) in [6.07, 6.45) is 1.10. The summed E-state index contributed by atoms with van der Waals surface area (Å²) in [5, 5.41) is 9.89. The summed E-state index contributed by atoms with van der Waals surface area (Å²) in [5.74, 6) is 1.89. The molecule has 1 aliphatic heterocycles. The Morgan fingerprint density at radius 1 is 1.50 bits per heavy atom. The second kappa shape index (κ2) is 3.57. The maximum Gasteiger partial charge on any atom is 0.343 e. The maximum absolute atomic E-state index is 11.2. The number of hydrogen-bond donors (Lipinski definition) is 2. The molecule has 2 N–H and O–H groups in total. The van der Waals surface area contributed by atoms with Crippen molar-refractivity contribution >= 4 is 0 Å². The Morgan fingerprint density at radius 3 is 2.86 bits per heavy atom. The molecule has 0 amide bonds.